The number of allylic oxidation sites excluding steroid dienone is 10. The fourth-order valence-corrected chi connectivity index (χ4v) is 9.47. The molecule has 0 aliphatic heterocycles. The van der Waals surface area contributed by atoms with E-state index in [1.807, 2.05) is 0 Å². The van der Waals surface area contributed by atoms with E-state index in [-0.39, 0.29) is 31.1 Å². The Kier molecular flexibility index (Phi) is 60.2. The first-order chi connectivity index (χ1) is 36.5. The molecule has 430 valence electrons. The Hall–Kier alpha value is -2.89. The van der Waals surface area contributed by atoms with Gasteiger partial charge in [-0.05, 0) is 64.2 Å². The molecular weight excluding hydrogens is 913 g/mol. The van der Waals surface area contributed by atoms with Gasteiger partial charge in [0.2, 0.25) is 0 Å². The lowest BCUT2D eigenvalue weighted by atomic mass is 10.0. The predicted molar refractivity (Wildman–Crippen MR) is 321 cm³/mol. The van der Waals surface area contributed by atoms with Gasteiger partial charge in [0.1, 0.15) is 13.2 Å². The third kappa shape index (κ3) is 60.0. The molecule has 74 heavy (non-hydrogen) atoms. The van der Waals surface area contributed by atoms with Gasteiger partial charge in [-0.3, -0.25) is 14.4 Å². The number of ether oxygens (including phenoxy) is 3. The van der Waals surface area contributed by atoms with Gasteiger partial charge in [-0.15, -0.1) is 0 Å². The van der Waals surface area contributed by atoms with Crippen molar-refractivity contribution in [2.24, 2.45) is 0 Å². The summed E-state index contributed by atoms with van der Waals surface area (Å²) in [5.74, 6) is -0.897. The second-order valence-electron chi connectivity index (χ2n) is 21.7. The molecule has 6 nitrogen and oxygen atoms in total. The average Bonchev–Trinajstić information content (AvgIpc) is 3.40. The number of carbonyl (C=O) groups excluding carboxylic acids is 3. The number of hydrogen-bond acceptors (Lipinski definition) is 6. The molecule has 0 heterocycles. The third-order valence-corrected chi connectivity index (χ3v) is 14.3. The molecule has 0 spiro atoms. The largest absolute Gasteiger partial charge is 0.462 e. The van der Waals surface area contributed by atoms with Gasteiger partial charge >= 0.3 is 17.9 Å². The quantitative estimate of drug-likeness (QED) is 0.0261. The average molecular weight is 1040 g/mol. The van der Waals surface area contributed by atoms with Crippen molar-refractivity contribution in [1.82, 2.24) is 0 Å². The van der Waals surface area contributed by atoms with Crippen LogP contribution in [0.4, 0.5) is 0 Å². The summed E-state index contributed by atoms with van der Waals surface area (Å²) in [6.07, 6.45) is 79.5. The van der Waals surface area contributed by atoms with Crippen molar-refractivity contribution in [1.29, 1.82) is 0 Å². The highest BCUT2D eigenvalue weighted by Crippen LogP contribution is 2.18. The molecule has 0 aromatic rings. The molecule has 0 fully saturated rings. The summed E-state index contributed by atoms with van der Waals surface area (Å²) in [5.41, 5.74) is 0. The van der Waals surface area contributed by atoms with Crippen molar-refractivity contribution in [3.8, 4) is 0 Å². The third-order valence-electron chi connectivity index (χ3n) is 14.3. The van der Waals surface area contributed by atoms with Crippen LogP contribution in [0.2, 0.25) is 0 Å². The lowest BCUT2D eigenvalue weighted by Gasteiger charge is -2.18. The molecule has 6 heteroatoms. The Morgan fingerprint density at radius 1 is 0.284 bits per heavy atom. The fourth-order valence-electron chi connectivity index (χ4n) is 9.47. The van der Waals surface area contributed by atoms with Crippen LogP contribution in [0.1, 0.15) is 335 Å². The molecule has 0 N–H and O–H groups in total. The van der Waals surface area contributed by atoms with Gasteiger partial charge < -0.3 is 14.2 Å². The highest BCUT2D eigenvalue weighted by molar-refractivity contribution is 5.71. The number of carbonyl (C=O) groups is 3. The number of unbranched alkanes of at least 4 members (excludes halogenated alkanes) is 38. The van der Waals surface area contributed by atoms with Crippen LogP contribution in [-0.4, -0.2) is 37.2 Å². The standard InChI is InChI=1S/C68H122O6/c1-4-7-10-13-16-19-22-25-27-29-31-32-33-34-35-36-38-39-41-43-46-49-52-55-58-61-67(70)73-64-65(63-72-66(69)60-57-54-51-48-45-24-21-18-15-12-9-6-3)74-68(71)62-59-56-53-50-47-44-42-40-37-30-28-26-23-20-17-14-11-8-5-2/h8,11,17,20,26,28,37,40,44,47,65H,4-7,9-10,12-16,18-19,21-25,27,29-36,38-39,41-43,45-46,48-64H2,1-3H3/b11-8-,20-17-,28-26-,40-37-,47-44-. The van der Waals surface area contributed by atoms with Crippen LogP contribution in [-0.2, 0) is 28.6 Å². The van der Waals surface area contributed by atoms with Gasteiger partial charge in [-0.25, -0.2) is 0 Å². The van der Waals surface area contributed by atoms with Crippen molar-refractivity contribution in [2.75, 3.05) is 13.2 Å². The van der Waals surface area contributed by atoms with Gasteiger partial charge in [0, 0.05) is 19.3 Å². The lowest BCUT2D eigenvalue weighted by Crippen LogP contribution is -2.30. The molecule has 0 aromatic carbocycles. The van der Waals surface area contributed by atoms with Crippen LogP contribution >= 0.6 is 0 Å². The van der Waals surface area contributed by atoms with Gasteiger partial charge in [0.25, 0.3) is 0 Å². The minimum Gasteiger partial charge on any atom is -0.462 e. The monoisotopic (exact) mass is 1030 g/mol. The smallest absolute Gasteiger partial charge is 0.306 e. The van der Waals surface area contributed by atoms with Crippen LogP contribution < -0.4 is 0 Å². The van der Waals surface area contributed by atoms with E-state index in [4.69, 9.17) is 14.2 Å². The maximum Gasteiger partial charge on any atom is 0.306 e. The Morgan fingerprint density at radius 2 is 0.527 bits per heavy atom. The van der Waals surface area contributed by atoms with Gasteiger partial charge in [0.05, 0.1) is 0 Å². The first-order valence-corrected chi connectivity index (χ1v) is 32.3. The lowest BCUT2D eigenvalue weighted by molar-refractivity contribution is -0.167. The molecule has 0 aliphatic rings. The molecule has 0 amide bonds. The van der Waals surface area contributed by atoms with E-state index in [0.29, 0.717) is 19.3 Å². The van der Waals surface area contributed by atoms with Crippen LogP contribution in [0.5, 0.6) is 0 Å². The Labute approximate surface area is 460 Å². The Balaban J connectivity index is 4.28. The minimum atomic E-state index is -0.789. The molecule has 0 rings (SSSR count). The summed E-state index contributed by atoms with van der Waals surface area (Å²) < 4.78 is 16.9. The molecule has 1 unspecified atom stereocenters. The van der Waals surface area contributed by atoms with E-state index in [1.165, 1.54) is 199 Å². The van der Waals surface area contributed by atoms with Gasteiger partial charge in [-0.1, -0.05) is 313 Å². The normalized spacial score (nSPS) is 12.4. The van der Waals surface area contributed by atoms with E-state index in [2.05, 4.69) is 81.5 Å². The maximum absolute atomic E-state index is 12.9. The highest BCUT2D eigenvalue weighted by Gasteiger charge is 2.19. The fraction of sp³-hybridized carbons (Fsp3) is 0.809. The van der Waals surface area contributed by atoms with Crippen LogP contribution in [0.25, 0.3) is 0 Å². The maximum atomic E-state index is 12.9. The van der Waals surface area contributed by atoms with E-state index < -0.39 is 6.10 Å². The first kappa shape index (κ1) is 71.1. The van der Waals surface area contributed by atoms with Crippen LogP contribution in [0.3, 0.4) is 0 Å². The van der Waals surface area contributed by atoms with Crippen molar-refractivity contribution in [3.05, 3.63) is 60.8 Å². The summed E-state index contributed by atoms with van der Waals surface area (Å²) in [6, 6.07) is 0. The zero-order valence-corrected chi connectivity index (χ0v) is 49.4. The summed E-state index contributed by atoms with van der Waals surface area (Å²) in [4.78, 5) is 38.3. The first-order valence-electron chi connectivity index (χ1n) is 32.3. The highest BCUT2D eigenvalue weighted by atomic mass is 16.6. The SMILES string of the molecule is CC/C=C\C/C=C\C/C=C\C/C=C\C/C=C\CCCCCC(=O)OC(COC(=O)CCCCCCCCCCCCCC)COC(=O)CCCCCCCCCCCCCCCCCCCCCCCCCCC. The summed E-state index contributed by atoms with van der Waals surface area (Å²) in [6.45, 7) is 6.55. The van der Waals surface area contributed by atoms with Crippen LogP contribution in [0.15, 0.2) is 60.8 Å². The molecule has 1 atom stereocenters. The van der Waals surface area contributed by atoms with Crippen molar-refractivity contribution < 1.29 is 28.6 Å². The minimum absolute atomic E-state index is 0.0834. The predicted octanol–water partition coefficient (Wildman–Crippen LogP) is 21.9. The summed E-state index contributed by atoms with van der Waals surface area (Å²) >= 11 is 0. The van der Waals surface area contributed by atoms with Crippen molar-refractivity contribution in [2.45, 2.75) is 341 Å². The van der Waals surface area contributed by atoms with E-state index in [1.54, 1.807) is 0 Å². The number of hydrogen-bond donors (Lipinski definition) is 0. The molecule has 0 radical (unpaired) electrons. The Morgan fingerprint density at radius 3 is 0.824 bits per heavy atom. The molecular formula is C68H122O6. The zero-order valence-electron chi connectivity index (χ0n) is 49.4. The Bertz CT molecular complexity index is 1330. The van der Waals surface area contributed by atoms with E-state index >= 15 is 0 Å². The zero-order chi connectivity index (χ0) is 53.6. The number of esters is 3. The molecule has 0 bridgehead atoms. The molecule has 0 saturated carbocycles. The summed E-state index contributed by atoms with van der Waals surface area (Å²) in [7, 11) is 0. The topological polar surface area (TPSA) is 78.9 Å². The second-order valence-corrected chi connectivity index (χ2v) is 21.7. The molecule has 0 saturated heterocycles. The van der Waals surface area contributed by atoms with Crippen molar-refractivity contribution in [3.63, 3.8) is 0 Å². The van der Waals surface area contributed by atoms with Crippen LogP contribution in [0, 0.1) is 0 Å². The summed E-state index contributed by atoms with van der Waals surface area (Å²) in [5, 5.41) is 0. The van der Waals surface area contributed by atoms with Gasteiger partial charge in [-0.2, -0.15) is 0 Å². The second kappa shape index (κ2) is 62.6. The van der Waals surface area contributed by atoms with E-state index in [0.717, 1.165) is 96.3 Å². The molecule has 0 aromatic heterocycles. The number of rotatable bonds is 59. The van der Waals surface area contributed by atoms with Crippen molar-refractivity contribution >= 4 is 17.9 Å². The van der Waals surface area contributed by atoms with E-state index in [9.17, 15) is 14.4 Å². The van der Waals surface area contributed by atoms with Gasteiger partial charge in [0.15, 0.2) is 6.10 Å². The molecule has 0 aliphatic carbocycles.